The van der Waals surface area contributed by atoms with Crippen LogP contribution in [-0.2, 0) is 14.3 Å². The number of ether oxygens (including phenoxy) is 2. The Bertz CT molecular complexity index is 685. The minimum atomic E-state index is -0.910. The zero-order valence-electron chi connectivity index (χ0n) is 20.0. The monoisotopic (exact) mass is 448 g/mol. The summed E-state index contributed by atoms with van der Waals surface area (Å²) in [5.41, 5.74) is -1.04. The lowest BCUT2D eigenvalue weighted by atomic mass is 9.68. The number of nitrogens with one attached hydrogen (secondary N) is 1. The molecule has 0 spiro atoms. The van der Waals surface area contributed by atoms with Gasteiger partial charge in [-0.25, -0.2) is 4.79 Å². The molecule has 0 aromatic rings. The third kappa shape index (κ3) is 6.35. The molecule has 2 amide bonds. The van der Waals surface area contributed by atoms with Crippen LogP contribution in [-0.4, -0.2) is 79.9 Å². The Morgan fingerprint density at radius 1 is 1.16 bits per heavy atom. The van der Waals surface area contributed by atoms with E-state index in [0.717, 1.165) is 25.9 Å². The lowest BCUT2D eigenvalue weighted by molar-refractivity contribution is -0.134. The molecule has 1 aliphatic carbocycles. The maximum atomic E-state index is 13.4. The van der Waals surface area contributed by atoms with Crippen molar-refractivity contribution < 1.29 is 19.1 Å². The zero-order chi connectivity index (χ0) is 23.2. The standard InChI is InChI=1S/C24H40N4O4/c1-23(2,19-7-5-4-6-8-19)17-20(32-22(30)28-13-15-31-16-14-28)21(29)26-24(18-25)9-11-27(3)12-10-24/h19-20H,4-17H2,1-3H3,(H,26,29)/t20-/m0/s1. The van der Waals surface area contributed by atoms with E-state index in [9.17, 15) is 14.9 Å². The summed E-state index contributed by atoms with van der Waals surface area (Å²) >= 11 is 0. The molecule has 3 aliphatic rings. The number of nitrogens with zero attached hydrogens (tertiary/aromatic N) is 3. The predicted octanol–water partition coefficient (Wildman–Crippen LogP) is 2.92. The molecule has 1 atom stereocenters. The number of piperidine rings is 1. The van der Waals surface area contributed by atoms with Crippen LogP contribution in [0.2, 0.25) is 0 Å². The van der Waals surface area contributed by atoms with Gasteiger partial charge in [0.05, 0.1) is 19.3 Å². The topological polar surface area (TPSA) is 94.9 Å². The van der Waals surface area contributed by atoms with E-state index in [4.69, 9.17) is 9.47 Å². The van der Waals surface area contributed by atoms with E-state index in [1.54, 1.807) is 4.90 Å². The molecule has 0 bridgehead atoms. The van der Waals surface area contributed by atoms with E-state index in [1.165, 1.54) is 19.3 Å². The summed E-state index contributed by atoms with van der Waals surface area (Å²) in [5.74, 6) is 0.156. The maximum absolute atomic E-state index is 13.4. The van der Waals surface area contributed by atoms with Crippen LogP contribution in [0.25, 0.3) is 0 Å². The number of nitriles is 1. The van der Waals surface area contributed by atoms with Crippen LogP contribution in [0.15, 0.2) is 0 Å². The van der Waals surface area contributed by atoms with Crippen LogP contribution < -0.4 is 5.32 Å². The quantitative estimate of drug-likeness (QED) is 0.671. The minimum absolute atomic E-state index is 0.139. The van der Waals surface area contributed by atoms with Crippen molar-refractivity contribution in [3.63, 3.8) is 0 Å². The molecule has 0 aromatic heterocycles. The molecule has 180 valence electrons. The summed E-state index contributed by atoms with van der Waals surface area (Å²) in [6, 6.07) is 2.34. The fourth-order valence-electron chi connectivity index (χ4n) is 5.24. The molecule has 1 saturated carbocycles. The maximum Gasteiger partial charge on any atom is 0.410 e. The molecule has 3 fully saturated rings. The van der Waals surface area contributed by atoms with Gasteiger partial charge in [0.2, 0.25) is 0 Å². The summed E-state index contributed by atoms with van der Waals surface area (Å²) in [7, 11) is 2.02. The molecular weight excluding hydrogens is 408 g/mol. The predicted molar refractivity (Wildman–Crippen MR) is 121 cm³/mol. The van der Waals surface area contributed by atoms with Crippen LogP contribution in [0.5, 0.6) is 0 Å². The van der Waals surface area contributed by atoms with Crippen molar-refractivity contribution in [3.8, 4) is 6.07 Å². The van der Waals surface area contributed by atoms with E-state index in [-0.39, 0.29) is 11.3 Å². The van der Waals surface area contributed by atoms with E-state index in [1.807, 2.05) is 7.05 Å². The molecule has 2 saturated heterocycles. The molecule has 8 heteroatoms. The normalized spacial score (nSPS) is 23.8. The van der Waals surface area contributed by atoms with Crippen LogP contribution in [0.4, 0.5) is 4.79 Å². The van der Waals surface area contributed by atoms with E-state index in [2.05, 4.69) is 30.1 Å². The largest absolute Gasteiger partial charge is 0.436 e. The summed E-state index contributed by atoms with van der Waals surface area (Å²) < 4.78 is 11.2. The Morgan fingerprint density at radius 3 is 2.38 bits per heavy atom. The number of carbonyl (C=O) groups is 2. The highest BCUT2D eigenvalue weighted by Gasteiger charge is 2.41. The second-order valence-corrected chi connectivity index (χ2v) is 10.5. The molecular formula is C24H40N4O4. The summed E-state index contributed by atoms with van der Waals surface area (Å²) in [4.78, 5) is 30.1. The third-order valence-electron chi connectivity index (χ3n) is 7.64. The summed E-state index contributed by atoms with van der Waals surface area (Å²) in [6.07, 6.45) is 6.20. The highest BCUT2D eigenvalue weighted by Crippen LogP contribution is 2.42. The number of carbonyl (C=O) groups excluding carboxylic acids is 2. The first-order chi connectivity index (χ1) is 15.2. The lowest BCUT2D eigenvalue weighted by Gasteiger charge is -2.40. The van der Waals surface area contributed by atoms with Gasteiger partial charge in [0.15, 0.2) is 6.10 Å². The van der Waals surface area contributed by atoms with Crippen molar-refractivity contribution in [1.29, 1.82) is 5.26 Å². The second kappa shape index (κ2) is 10.8. The smallest absolute Gasteiger partial charge is 0.410 e. The average molecular weight is 449 g/mol. The van der Waals surface area contributed by atoms with Gasteiger partial charge in [-0.2, -0.15) is 5.26 Å². The molecule has 2 aliphatic heterocycles. The van der Waals surface area contributed by atoms with E-state index >= 15 is 0 Å². The Hall–Kier alpha value is -1.85. The molecule has 2 heterocycles. The first kappa shape index (κ1) is 24.8. The fourth-order valence-corrected chi connectivity index (χ4v) is 5.24. The molecule has 0 aromatic carbocycles. The first-order valence-electron chi connectivity index (χ1n) is 12.2. The van der Waals surface area contributed by atoms with E-state index in [0.29, 0.717) is 51.5 Å². The number of hydrogen-bond acceptors (Lipinski definition) is 6. The van der Waals surface area contributed by atoms with Crippen LogP contribution in [0.1, 0.15) is 65.2 Å². The number of hydrogen-bond donors (Lipinski definition) is 1. The van der Waals surface area contributed by atoms with Crippen molar-refractivity contribution in [1.82, 2.24) is 15.1 Å². The molecule has 0 unspecified atom stereocenters. The van der Waals surface area contributed by atoms with Gasteiger partial charge in [-0.15, -0.1) is 0 Å². The Kier molecular flexibility index (Phi) is 8.40. The summed E-state index contributed by atoms with van der Waals surface area (Å²) in [6.45, 7) is 7.75. The minimum Gasteiger partial charge on any atom is -0.436 e. The van der Waals surface area contributed by atoms with Crippen molar-refractivity contribution in [3.05, 3.63) is 0 Å². The number of morpholine rings is 1. The number of likely N-dealkylation sites (tertiary alicyclic amines) is 1. The molecule has 8 nitrogen and oxygen atoms in total. The van der Waals surface area contributed by atoms with Gasteiger partial charge in [-0.3, -0.25) is 4.79 Å². The van der Waals surface area contributed by atoms with Gasteiger partial charge in [-0.05, 0) is 50.5 Å². The molecule has 1 N–H and O–H groups in total. The Morgan fingerprint density at radius 2 is 1.78 bits per heavy atom. The number of amides is 2. The molecule has 3 rings (SSSR count). The van der Waals surface area contributed by atoms with Gasteiger partial charge in [-0.1, -0.05) is 33.1 Å². The lowest BCUT2D eigenvalue weighted by Crippen LogP contribution is -2.57. The Balaban J connectivity index is 1.73. The van der Waals surface area contributed by atoms with Crippen molar-refractivity contribution in [2.24, 2.45) is 11.3 Å². The Labute approximate surface area is 192 Å². The van der Waals surface area contributed by atoms with Gasteiger partial charge in [0.1, 0.15) is 5.54 Å². The van der Waals surface area contributed by atoms with Gasteiger partial charge in [0, 0.05) is 26.2 Å². The van der Waals surface area contributed by atoms with Gasteiger partial charge < -0.3 is 24.6 Å². The van der Waals surface area contributed by atoms with Gasteiger partial charge >= 0.3 is 6.09 Å². The molecule has 0 radical (unpaired) electrons. The third-order valence-corrected chi connectivity index (χ3v) is 7.64. The van der Waals surface area contributed by atoms with Crippen molar-refractivity contribution in [2.75, 3.05) is 46.4 Å². The zero-order valence-corrected chi connectivity index (χ0v) is 20.0. The van der Waals surface area contributed by atoms with Crippen LogP contribution in [0, 0.1) is 22.7 Å². The second-order valence-electron chi connectivity index (χ2n) is 10.5. The summed E-state index contributed by atoms with van der Waals surface area (Å²) in [5, 5.41) is 12.9. The molecule has 32 heavy (non-hydrogen) atoms. The van der Waals surface area contributed by atoms with Gasteiger partial charge in [0.25, 0.3) is 5.91 Å². The highest BCUT2D eigenvalue weighted by molar-refractivity contribution is 5.84. The van der Waals surface area contributed by atoms with Crippen LogP contribution >= 0.6 is 0 Å². The first-order valence-corrected chi connectivity index (χ1v) is 12.2. The highest BCUT2D eigenvalue weighted by atomic mass is 16.6. The van der Waals surface area contributed by atoms with E-state index < -0.39 is 17.7 Å². The SMILES string of the molecule is CN1CCC(C#N)(NC(=O)[C@H](CC(C)(C)C2CCCCC2)OC(=O)N2CCOCC2)CC1. The average Bonchev–Trinajstić information content (AvgIpc) is 2.81. The fraction of sp³-hybridized carbons (Fsp3) is 0.875. The van der Waals surface area contributed by atoms with Crippen LogP contribution in [0.3, 0.4) is 0 Å². The number of rotatable bonds is 6. The van der Waals surface area contributed by atoms with Crippen molar-refractivity contribution >= 4 is 12.0 Å². The van der Waals surface area contributed by atoms with Crippen molar-refractivity contribution in [2.45, 2.75) is 76.9 Å².